The number of unbranched alkanes of at least 4 members (excludes halogenated alkanes) is 4. The van der Waals surface area contributed by atoms with Gasteiger partial charge in [-0.25, -0.2) is 0 Å². The zero-order valence-corrected chi connectivity index (χ0v) is 11.9. The molecular formula is C15H18ClNO2. The fraction of sp³-hybridized carbons (Fsp3) is 0.467. The number of anilines is 1. The predicted molar refractivity (Wildman–Crippen MR) is 76.9 cm³/mol. The van der Waals surface area contributed by atoms with Crippen molar-refractivity contribution in [1.82, 2.24) is 0 Å². The normalized spacial score (nSPS) is 14.1. The topological polar surface area (TPSA) is 37.4 Å². The number of halogens is 1. The second-order valence-corrected chi connectivity index (χ2v) is 5.24. The van der Waals surface area contributed by atoms with Gasteiger partial charge in [-0.05, 0) is 18.6 Å². The van der Waals surface area contributed by atoms with Crippen LogP contribution in [0.15, 0.2) is 18.2 Å². The molecule has 1 amide bonds. The summed E-state index contributed by atoms with van der Waals surface area (Å²) < 4.78 is 0. The van der Waals surface area contributed by atoms with Crippen LogP contribution in [0, 0.1) is 0 Å². The van der Waals surface area contributed by atoms with E-state index in [-0.39, 0.29) is 0 Å². The summed E-state index contributed by atoms with van der Waals surface area (Å²) in [4.78, 5) is 25.3. The van der Waals surface area contributed by atoms with Crippen molar-refractivity contribution in [3.63, 3.8) is 0 Å². The van der Waals surface area contributed by atoms with Crippen molar-refractivity contribution < 1.29 is 9.59 Å². The number of benzene rings is 1. The molecule has 1 aromatic carbocycles. The summed E-state index contributed by atoms with van der Waals surface area (Å²) in [5.74, 6) is -0.885. The van der Waals surface area contributed by atoms with E-state index < -0.39 is 11.7 Å². The maximum absolute atomic E-state index is 12.0. The minimum atomic E-state index is -0.446. The Morgan fingerprint density at radius 3 is 2.58 bits per heavy atom. The van der Waals surface area contributed by atoms with Gasteiger partial charge in [-0.15, -0.1) is 0 Å². The molecule has 19 heavy (non-hydrogen) atoms. The lowest BCUT2D eigenvalue weighted by atomic mass is 10.1. The van der Waals surface area contributed by atoms with E-state index in [0.717, 1.165) is 12.8 Å². The minimum Gasteiger partial charge on any atom is -0.303 e. The van der Waals surface area contributed by atoms with Crippen molar-refractivity contribution in [1.29, 1.82) is 0 Å². The van der Waals surface area contributed by atoms with E-state index in [9.17, 15) is 9.59 Å². The van der Waals surface area contributed by atoms with Gasteiger partial charge in [0.2, 0.25) is 0 Å². The number of carbonyl (C=O) groups excluding carboxylic acids is 2. The van der Waals surface area contributed by atoms with Crippen LogP contribution in [0.5, 0.6) is 0 Å². The van der Waals surface area contributed by atoms with Crippen LogP contribution in [0.2, 0.25) is 5.02 Å². The fourth-order valence-electron chi connectivity index (χ4n) is 2.40. The number of para-hydroxylation sites is 1. The molecule has 2 rings (SSSR count). The van der Waals surface area contributed by atoms with Crippen LogP contribution in [0.4, 0.5) is 5.69 Å². The maximum Gasteiger partial charge on any atom is 0.299 e. The Kier molecular flexibility index (Phi) is 4.59. The van der Waals surface area contributed by atoms with E-state index in [0.29, 0.717) is 22.8 Å². The summed E-state index contributed by atoms with van der Waals surface area (Å²) in [5, 5.41) is 0.477. The Morgan fingerprint density at radius 2 is 1.84 bits per heavy atom. The van der Waals surface area contributed by atoms with Crippen LogP contribution in [-0.4, -0.2) is 18.2 Å². The third-order valence-corrected chi connectivity index (χ3v) is 3.73. The number of rotatable bonds is 6. The Hall–Kier alpha value is -1.35. The second-order valence-electron chi connectivity index (χ2n) is 4.84. The summed E-state index contributed by atoms with van der Waals surface area (Å²) in [6.45, 7) is 2.74. The summed E-state index contributed by atoms with van der Waals surface area (Å²) in [7, 11) is 0. The molecule has 1 heterocycles. The van der Waals surface area contributed by atoms with Crippen molar-refractivity contribution >= 4 is 29.0 Å². The van der Waals surface area contributed by atoms with Gasteiger partial charge in [-0.2, -0.15) is 0 Å². The average molecular weight is 280 g/mol. The average Bonchev–Trinajstić information content (AvgIpc) is 2.65. The molecule has 0 aliphatic carbocycles. The van der Waals surface area contributed by atoms with Gasteiger partial charge in [0.05, 0.1) is 16.3 Å². The second kappa shape index (κ2) is 6.20. The van der Waals surface area contributed by atoms with E-state index in [1.54, 1.807) is 18.2 Å². The van der Waals surface area contributed by atoms with Crippen molar-refractivity contribution in [2.75, 3.05) is 11.4 Å². The van der Waals surface area contributed by atoms with Crippen LogP contribution in [0.1, 0.15) is 49.4 Å². The summed E-state index contributed by atoms with van der Waals surface area (Å²) in [5.41, 5.74) is 1.03. The van der Waals surface area contributed by atoms with Crippen molar-refractivity contribution in [3.8, 4) is 0 Å². The van der Waals surface area contributed by atoms with Crippen molar-refractivity contribution in [2.45, 2.75) is 39.0 Å². The molecule has 0 fully saturated rings. The largest absolute Gasteiger partial charge is 0.303 e. The highest BCUT2D eigenvalue weighted by molar-refractivity contribution is 6.54. The van der Waals surface area contributed by atoms with Crippen molar-refractivity contribution in [3.05, 3.63) is 28.8 Å². The molecule has 1 aliphatic rings. The molecule has 0 saturated heterocycles. The molecule has 3 nitrogen and oxygen atoms in total. The van der Waals surface area contributed by atoms with Crippen LogP contribution in [0.3, 0.4) is 0 Å². The summed E-state index contributed by atoms with van der Waals surface area (Å²) in [6, 6.07) is 5.09. The number of nitrogens with zero attached hydrogens (tertiary/aromatic N) is 1. The van der Waals surface area contributed by atoms with E-state index in [1.807, 2.05) is 0 Å². The molecular weight excluding hydrogens is 262 g/mol. The van der Waals surface area contributed by atoms with Crippen LogP contribution >= 0.6 is 11.6 Å². The Morgan fingerprint density at radius 1 is 1.11 bits per heavy atom. The van der Waals surface area contributed by atoms with Gasteiger partial charge in [0, 0.05) is 6.54 Å². The molecule has 1 aromatic rings. The minimum absolute atomic E-state index is 0.436. The molecule has 4 heteroatoms. The molecule has 0 N–H and O–H groups in total. The number of amides is 1. The monoisotopic (exact) mass is 279 g/mol. The molecule has 0 aromatic heterocycles. The van der Waals surface area contributed by atoms with Crippen LogP contribution in [0.25, 0.3) is 0 Å². The first-order valence-electron chi connectivity index (χ1n) is 6.81. The lowest BCUT2D eigenvalue weighted by Gasteiger charge is -2.17. The van der Waals surface area contributed by atoms with Gasteiger partial charge in [0.25, 0.3) is 11.7 Å². The van der Waals surface area contributed by atoms with E-state index in [2.05, 4.69) is 6.92 Å². The summed E-state index contributed by atoms with van der Waals surface area (Å²) >= 11 is 6.11. The van der Waals surface area contributed by atoms with Crippen LogP contribution in [-0.2, 0) is 4.79 Å². The van der Waals surface area contributed by atoms with E-state index >= 15 is 0 Å². The Labute approximate surface area is 118 Å². The molecule has 0 unspecified atom stereocenters. The molecule has 0 radical (unpaired) electrons. The number of Topliss-reactive ketones (excluding diaryl/α,β-unsaturated/α-hetero) is 1. The van der Waals surface area contributed by atoms with E-state index in [1.165, 1.54) is 24.2 Å². The van der Waals surface area contributed by atoms with Gasteiger partial charge < -0.3 is 4.90 Å². The first-order valence-corrected chi connectivity index (χ1v) is 7.19. The summed E-state index contributed by atoms with van der Waals surface area (Å²) in [6.07, 6.45) is 5.55. The first-order chi connectivity index (χ1) is 9.16. The zero-order valence-electron chi connectivity index (χ0n) is 11.1. The van der Waals surface area contributed by atoms with Crippen molar-refractivity contribution in [2.24, 2.45) is 0 Å². The van der Waals surface area contributed by atoms with E-state index in [4.69, 9.17) is 11.6 Å². The molecule has 0 spiro atoms. The molecule has 0 bridgehead atoms. The lowest BCUT2D eigenvalue weighted by Crippen LogP contribution is -2.30. The van der Waals surface area contributed by atoms with Gasteiger partial charge in [0.1, 0.15) is 0 Å². The Bertz CT molecular complexity index is 499. The molecule has 1 aliphatic heterocycles. The first kappa shape index (κ1) is 14.1. The number of carbonyl (C=O) groups is 2. The fourth-order valence-corrected chi connectivity index (χ4v) is 2.68. The van der Waals surface area contributed by atoms with Crippen LogP contribution < -0.4 is 4.90 Å². The maximum atomic E-state index is 12.0. The quantitative estimate of drug-likeness (QED) is 0.586. The number of hydrogen-bond acceptors (Lipinski definition) is 2. The highest BCUT2D eigenvalue weighted by atomic mass is 35.5. The third kappa shape index (κ3) is 2.81. The smallest absolute Gasteiger partial charge is 0.299 e. The number of fused-ring (bicyclic) bond motifs is 1. The molecule has 0 saturated carbocycles. The SMILES string of the molecule is CCCCCCCN1C(=O)C(=O)c2cccc(Cl)c21. The van der Waals surface area contributed by atoms with Gasteiger partial charge in [0.15, 0.2) is 0 Å². The Balaban J connectivity index is 2.06. The molecule has 0 atom stereocenters. The van der Waals surface area contributed by atoms with Gasteiger partial charge in [-0.1, -0.05) is 50.3 Å². The van der Waals surface area contributed by atoms with Gasteiger partial charge >= 0.3 is 0 Å². The van der Waals surface area contributed by atoms with Gasteiger partial charge in [-0.3, -0.25) is 9.59 Å². The highest BCUT2D eigenvalue weighted by Crippen LogP contribution is 2.35. The third-order valence-electron chi connectivity index (χ3n) is 3.43. The standard InChI is InChI=1S/C15H18ClNO2/c1-2-3-4-5-6-10-17-13-11(14(18)15(17)19)8-7-9-12(13)16/h7-9H,2-6,10H2,1H3. The predicted octanol–water partition coefficient (Wildman–Crippen LogP) is 3.84. The highest BCUT2D eigenvalue weighted by Gasteiger charge is 2.36. The zero-order chi connectivity index (χ0) is 13.8. The number of hydrogen-bond donors (Lipinski definition) is 0. The lowest BCUT2D eigenvalue weighted by molar-refractivity contribution is -0.114. The molecule has 102 valence electrons. The number of ketones is 1.